The number of piperidine rings is 1. The monoisotopic (exact) mass is 249 g/mol. The van der Waals surface area contributed by atoms with Gasteiger partial charge < -0.3 is 0 Å². The van der Waals surface area contributed by atoms with Crippen LogP contribution in [-0.4, -0.2) is 29.8 Å². The third-order valence-electron chi connectivity index (χ3n) is 3.56. The molecule has 1 aliphatic rings. The van der Waals surface area contributed by atoms with Crippen molar-refractivity contribution < 1.29 is 9.18 Å². The second-order valence-electron chi connectivity index (χ2n) is 4.92. The lowest BCUT2D eigenvalue weighted by Gasteiger charge is -2.34. The van der Waals surface area contributed by atoms with Crippen molar-refractivity contribution in [3.63, 3.8) is 0 Å². The van der Waals surface area contributed by atoms with Crippen LogP contribution in [0.3, 0.4) is 0 Å². The molecule has 0 spiro atoms. The Morgan fingerprint density at radius 1 is 1.33 bits per heavy atom. The largest absolute Gasteiger partial charge is 0.293 e. The maximum Gasteiger partial charge on any atom is 0.179 e. The molecule has 0 aliphatic carbocycles. The maximum atomic E-state index is 12.9. The van der Waals surface area contributed by atoms with E-state index in [0.717, 1.165) is 32.4 Å². The molecule has 1 saturated heterocycles. The van der Waals surface area contributed by atoms with Gasteiger partial charge in [-0.2, -0.15) is 0 Å². The average Bonchev–Trinajstić information content (AvgIpc) is 2.40. The summed E-state index contributed by atoms with van der Waals surface area (Å²) in [6.45, 7) is 4.11. The standard InChI is InChI=1S/C15H20FNO/c1-2-10-17-11-4-3-5-14(17)15(18)12-6-8-13(16)9-7-12/h6-9,14H,2-5,10-11H2,1H3. The fraction of sp³-hybridized carbons (Fsp3) is 0.533. The van der Waals surface area contributed by atoms with Crippen molar-refractivity contribution in [1.82, 2.24) is 4.90 Å². The lowest BCUT2D eigenvalue weighted by molar-refractivity contribution is 0.0747. The zero-order valence-electron chi connectivity index (χ0n) is 10.9. The van der Waals surface area contributed by atoms with Crippen LogP contribution in [0.25, 0.3) is 0 Å². The Morgan fingerprint density at radius 3 is 2.72 bits per heavy atom. The number of ketones is 1. The third kappa shape index (κ3) is 2.96. The van der Waals surface area contributed by atoms with Crippen LogP contribution in [0.1, 0.15) is 43.0 Å². The summed E-state index contributed by atoms with van der Waals surface area (Å²) >= 11 is 0. The summed E-state index contributed by atoms with van der Waals surface area (Å²) < 4.78 is 12.9. The van der Waals surface area contributed by atoms with Crippen LogP contribution in [0.15, 0.2) is 24.3 Å². The van der Waals surface area contributed by atoms with Crippen LogP contribution >= 0.6 is 0 Å². The minimum atomic E-state index is -0.291. The number of rotatable bonds is 4. The number of carbonyl (C=O) groups is 1. The third-order valence-corrected chi connectivity index (χ3v) is 3.56. The van der Waals surface area contributed by atoms with E-state index in [4.69, 9.17) is 0 Å². The quantitative estimate of drug-likeness (QED) is 0.763. The average molecular weight is 249 g/mol. The number of halogens is 1. The van der Waals surface area contributed by atoms with Crippen LogP contribution in [0.2, 0.25) is 0 Å². The van der Waals surface area contributed by atoms with Crippen LogP contribution in [-0.2, 0) is 0 Å². The number of benzene rings is 1. The van der Waals surface area contributed by atoms with E-state index in [1.807, 2.05) is 0 Å². The van der Waals surface area contributed by atoms with Gasteiger partial charge in [-0.1, -0.05) is 13.3 Å². The molecule has 3 heteroatoms. The zero-order chi connectivity index (χ0) is 13.0. The molecular weight excluding hydrogens is 229 g/mol. The van der Waals surface area contributed by atoms with Gasteiger partial charge in [0, 0.05) is 5.56 Å². The van der Waals surface area contributed by atoms with Crippen molar-refractivity contribution in [2.24, 2.45) is 0 Å². The molecule has 0 amide bonds. The van der Waals surface area contributed by atoms with Gasteiger partial charge in [0.05, 0.1) is 6.04 Å². The van der Waals surface area contributed by atoms with E-state index < -0.39 is 0 Å². The number of nitrogens with zero attached hydrogens (tertiary/aromatic N) is 1. The van der Waals surface area contributed by atoms with Crippen molar-refractivity contribution in [3.05, 3.63) is 35.6 Å². The highest BCUT2D eigenvalue weighted by Crippen LogP contribution is 2.21. The lowest BCUT2D eigenvalue weighted by atomic mass is 9.94. The maximum absolute atomic E-state index is 12.9. The smallest absolute Gasteiger partial charge is 0.179 e. The Morgan fingerprint density at radius 2 is 2.06 bits per heavy atom. The first-order chi connectivity index (χ1) is 8.72. The second-order valence-corrected chi connectivity index (χ2v) is 4.92. The number of likely N-dealkylation sites (tertiary alicyclic amines) is 1. The van der Waals surface area contributed by atoms with E-state index in [2.05, 4.69) is 11.8 Å². The molecule has 0 aromatic heterocycles. The molecule has 1 aromatic carbocycles. The van der Waals surface area contributed by atoms with Crippen molar-refractivity contribution in [1.29, 1.82) is 0 Å². The van der Waals surface area contributed by atoms with Gasteiger partial charge >= 0.3 is 0 Å². The summed E-state index contributed by atoms with van der Waals surface area (Å²) in [6.07, 6.45) is 4.27. The Kier molecular flexibility index (Phi) is 4.48. The lowest BCUT2D eigenvalue weighted by Crippen LogP contribution is -2.44. The first-order valence-corrected chi connectivity index (χ1v) is 6.76. The predicted molar refractivity (Wildman–Crippen MR) is 70.2 cm³/mol. The summed E-state index contributed by atoms with van der Waals surface area (Å²) in [5.41, 5.74) is 0.629. The van der Waals surface area contributed by atoms with Gasteiger partial charge in [0.25, 0.3) is 0 Å². The molecule has 18 heavy (non-hydrogen) atoms. The van der Waals surface area contributed by atoms with Crippen molar-refractivity contribution >= 4 is 5.78 Å². The zero-order valence-corrected chi connectivity index (χ0v) is 10.9. The fourth-order valence-electron chi connectivity index (χ4n) is 2.65. The molecule has 0 saturated carbocycles. The predicted octanol–water partition coefficient (Wildman–Crippen LogP) is 3.27. The van der Waals surface area contributed by atoms with Gasteiger partial charge in [-0.25, -0.2) is 4.39 Å². The van der Waals surface area contributed by atoms with E-state index in [1.54, 1.807) is 12.1 Å². The highest BCUT2D eigenvalue weighted by Gasteiger charge is 2.28. The van der Waals surface area contributed by atoms with Crippen molar-refractivity contribution in [2.75, 3.05) is 13.1 Å². The van der Waals surface area contributed by atoms with Crippen LogP contribution < -0.4 is 0 Å². The Hall–Kier alpha value is -1.22. The van der Waals surface area contributed by atoms with Crippen molar-refractivity contribution in [2.45, 2.75) is 38.6 Å². The summed E-state index contributed by atoms with van der Waals surface area (Å²) in [4.78, 5) is 14.7. The van der Waals surface area contributed by atoms with E-state index in [1.165, 1.54) is 18.6 Å². The number of carbonyl (C=O) groups excluding carboxylic acids is 1. The van der Waals surface area contributed by atoms with Gasteiger partial charge in [-0.3, -0.25) is 9.69 Å². The molecule has 2 rings (SSSR count). The topological polar surface area (TPSA) is 20.3 Å². The molecule has 1 atom stereocenters. The van der Waals surface area contributed by atoms with Crippen LogP contribution in [0.5, 0.6) is 0 Å². The first kappa shape index (κ1) is 13.2. The highest BCUT2D eigenvalue weighted by atomic mass is 19.1. The molecule has 1 heterocycles. The van der Waals surface area contributed by atoms with Gasteiger partial charge in [0.2, 0.25) is 0 Å². The molecule has 98 valence electrons. The first-order valence-electron chi connectivity index (χ1n) is 6.76. The minimum absolute atomic E-state index is 0.0100. The summed E-state index contributed by atoms with van der Waals surface area (Å²) in [7, 11) is 0. The van der Waals surface area contributed by atoms with Gasteiger partial charge in [-0.05, 0) is 56.6 Å². The Labute approximate surface area is 108 Å². The highest BCUT2D eigenvalue weighted by molar-refractivity contribution is 6.00. The molecule has 1 aromatic rings. The van der Waals surface area contributed by atoms with Gasteiger partial charge in [0.1, 0.15) is 5.82 Å². The molecule has 2 nitrogen and oxygen atoms in total. The molecule has 0 N–H and O–H groups in total. The number of hydrogen-bond acceptors (Lipinski definition) is 2. The van der Waals surface area contributed by atoms with Gasteiger partial charge in [0.15, 0.2) is 5.78 Å². The number of Topliss-reactive ketones (excluding diaryl/α,β-unsaturated/α-hetero) is 1. The Balaban J connectivity index is 2.12. The van der Waals surface area contributed by atoms with Gasteiger partial charge in [-0.15, -0.1) is 0 Å². The van der Waals surface area contributed by atoms with Crippen molar-refractivity contribution in [3.8, 4) is 0 Å². The SMILES string of the molecule is CCCN1CCCCC1C(=O)c1ccc(F)cc1. The van der Waals surface area contributed by atoms with E-state index in [9.17, 15) is 9.18 Å². The van der Waals surface area contributed by atoms with E-state index >= 15 is 0 Å². The molecule has 1 aliphatic heterocycles. The summed E-state index contributed by atoms with van der Waals surface area (Å²) in [5, 5.41) is 0. The summed E-state index contributed by atoms with van der Waals surface area (Å²) in [5.74, 6) is -0.149. The number of hydrogen-bond donors (Lipinski definition) is 0. The normalized spacial score (nSPS) is 20.9. The molecule has 0 bridgehead atoms. The fourth-order valence-corrected chi connectivity index (χ4v) is 2.65. The second kappa shape index (κ2) is 6.10. The van der Waals surface area contributed by atoms with E-state index in [-0.39, 0.29) is 17.6 Å². The van der Waals surface area contributed by atoms with E-state index in [0.29, 0.717) is 5.56 Å². The molecule has 1 fully saturated rings. The Bertz CT molecular complexity index is 399. The van der Waals surface area contributed by atoms with Crippen LogP contribution in [0, 0.1) is 5.82 Å². The summed E-state index contributed by atoms with van der Waals surface area (Å²) in [6, 6.07) is 5.90. The molecule has 1 unspecified atom stereocenters. The molecule has 0 radical (unpaired) electrons. The van der Waals surface area contributed by atoms with Crippen LogP contribution in [0.4, 0.5) is 4.39 Å². The molecular formula is C15H20FNO. The minimum Gasteiger partial charge on any atom is -0.293 e.